The summed E-state index contributed by atoms with van der Waals surface area (Å²) in [5, 5.41) is 9.42. The molecule has 0 spiro atoms. The molecule has 1 fully saturated rings. The highest BCUT2D eigenvalue weighted by Gasteiger charge is 2.48. The molecular weight excluding hydrogens is 234 g/mol. The second-order valence-corrected chi connectivity index (χ2v) is 5.12. The fraction of sp³-hybridized carbons (Fsp3) is 0.769. The number of likely N-dealkylation sites (tertiary alicyclic amines) is 1. The number of carboxylic acids is 1. The molecule has 5 heteroatoms. The molecule has 1 aliphatic heterocycles. The van der Waals surface area contributed by atoms with E-state index in [9.17, 15) is 19.5 Å². The van der Waals surface area contributed by atoms with Gasteiger partial charge in [-0.05, 0) is 25.7 Å². The second kappa shape index (κ2) is 5.50. The lowest BCUT2D eigenvalue weighted by Gasteiger charge is -2.43. The minimum Gasteiger partial charge on any atom is -0.479 e. The van der Waals surface area contributed by atoms with Crippen molar-refractivity contribution in [3.05, 3.63) is 0 Å². The largest absolute Gasteiger partial charge is 0.479 e. The maximum absolute atomic E-state index is 12.1. The fourth-order valence-corrected chi connectivity index (χ4v) is 2.45. The topological polar surface area (TPSA) is 74.7 Å². The predicted molar refractivity (Wildman–Crippen MR) is 66.1 cm³/mol. The molecule has 1 aliphatic rings. The normalized spacial score (nSPS) is 24.1. The zero-order chi connectivity index (χ0) is 13.9. The molecule has 0 aromatic carbocycles. The van der Waals surface area contributed by atoms with Crippen LogP contribution in [0.2, 0.25) is 0 Å². The Hall–Kier alpha value is -1.39. The van der Waals surface area contributed by atoms with E-state index in [-0.39, 0.29) is 0 Å². The molecule has 0 bridgehead atoms. The lowest BCUT2D eigenvalue weighted by Crippen LogP contribution is -2.60. The zero-order valence-corrected chi connectivity index (χ0v) is 11.2. The second-order valence-electron chi connectivity index (χ2n) is 5.12. The Balaban J connectivity index is 3.06. The first-order chi connectivity index (χ1) is 8.36. The standard InChI is InChI=1S/C13H21NO4/c1-4-13(12(17)18)7-5-6-8-14(13)11(16)10(15)9(2)3/h9H,4-8H2,1-3H3,(H,17,18). The van der Waals surface area contributed by atoms with Gasteiger partial charge in [-0.2, -0.15) is 0 Å². The van der Waals surface area contributed by atoms with Crippen molar-refractivity contribution in [1.29, 1.82) is 0 Å². The van der Waals surface area contributed by atoms with Crippen LogP contribution in [-0.2, 0) is 14.4 Å². The molecule has 102 valence electrons. The molecular formula is C13H21NO4. The van der Waals surface area contributed by atoms with Gasteiger partial charge < -0.3 is 10.0 Å². The van der Waals surface area contributed by atoms with E-state index in [2.05, 4.69) is 0 Å². The Labute approximate surface area is 107 Å². The van der Waals surface area contributed by atoms with Gasteiger partial charge in [0.1, 0.15) is 5.54 Å². The molecule has 1 N–H and O–H groups in total. The summed E-state index contributed by atoms with van der Waals surface area (Å²) < 4.78 is 0. The van der Waals surface area contributed by atoms with E-state index in [0.29, 0.717) is 19.4 Å². The summed E-state index contributed by atoms with van der Waals surface area (Å²) >= 11 is 0. The molecule has 0 aromatic rings. The Morgan fingerprint density at radius 3 is 2.33 bits per heavy atom. The highest BCUT2D eigenvalue weighted by atomic mass is 16.4. The highest BCUT2D eigenvalue weighted by Crippen LogP contribution is 2.32. The summed E-state index contributed by atoms with van der Waals surface area (Å²) in [5.41, 5.74) is -1.19. The van der Waals surface area contributed by atoms with Crippen LogP contribution >= 0.6 is 0 Å². The quantitative estimate of drug-likeness (QED) is 0.772. The number of carboxylic acid groups (broad SMARTS) is 1. The van der Waals surface area contributed by atoms with Gasteiger partial charge in [-0.1, -0.05) is 20.8 Å². The van der Waals surface area contributed by atoms with Crippen molar-refractivity contribution in [3.63, 3.8) is 0 Å². The predicted octanol–water partition coefficient (Wildman–Crippen LogP) is 1.46. The highest BCUT2D eigenvalue weighted by molar-refractivity contribution is 6.37. The molecule has 0 radical (unpaired) electrons. The number of ketones is 1. The van der Waals surface area contributed by atoms with E-state index in [1.54, 1.807) is 20.8 Å². The van der Waals surface area contributed by atoms with Crippen LogP contribution in [0.15, 0.2) is 0 Å². The van der Waals surface area contributed by atoms with Crippen molar-refractivity contribution < 1.29 is 19.5 Å². The van der Waals surface area contributed by atoms with Crippen LogP contribution in [0.3, 0.4) is 0 Å². The number of piperidine rings is 1. The minimum absolute atomic E-state index is 0.333. The Bertz CT molecular complexity index is 364. The van der Waals surface area contributed by atoms with E-state index in [1.165, 1.54) is 4.90 Å². The number of hydrogen-bond donors (Lipinski definition) is 1. The Kier molecular flexibility index (Phi) is 4.48. The monoisotopic (exact) mass is 255 g/mol. The Morgan fingerprint density at radius 1 is 1.28 bits per heavy atom. The third-order valence-electron chi connectivity index (χ3n) is 3.70. The van der Waals surface area contributed by atoms with E-state index in [1.807, 2.05) is 0 Å². The van der Waals surface area contributed by atoms with Gasteiger partial charge in [0.15, 0.2) is 0 Å². The Morgan fingerprint density at radius 2 is 1.89 bits per heavy atom. The van der Waals surface area contributed by atoms with Crippen LogP contribution in [0.25, 0.3) is 0 Å². The molecule has 5 nitrogen and oxygen atoms in total. The van der Waals surface area contributed by atoms with Crippen molar-refractivity contribution >= 4 is 17.7 Å². The number of hydrogen-bond acceptors (Lipinski definition) is 3. The lowest BCUT2D eigenvalue weighted by atomic mass is 9.83. The minimum atomic E-state index is -1.19. The number of rotatable bonds is 4. The third kappa shape index (κ3) is 2.40. The van der Waals surface area contributed by atoms with Crippen molar-refractivity contribution in [2.45, 2.75) is 52.0 Å². The summed E-state index contributed by atoms with van der Waals surface area (Å²) in [6.45, 7) is 5.41. The maximum Gasteiger partial charge on any atom is 0.329 e. The molecule has 0 aliphatic carbocycles. The number of aliphatic carboxylic acids is 1. The molecule has 0 aromatic heterocycles. The van der Waals surface area contributed by atoms with Crippen molar-refractivity contribution in [1.82, 2.24) is 4.90 Å². The van der Waals surface area contributed by atoms with Crippen LogP contribution in [0.5, 0.6) is 0 Å². The van der Waals surface area contributed by atoms with Gasteiger partial charge in [0.2, 0.25) is 5.78 Å². The lowest BCUT2D eigenvalue weighted by molar-refractivity contribution is -0.165. The molecule has 1 saturated heterocycles. The van der Waals surface area contributed by atoms with Gasteiger partial charge in [-0.15, -0.1) is 0 Å². The van der Waals surface area contributed by atoms with Gasteiger partial charge in [0.25, 0.3) is 5.91 Å². The number of nitrogens with zero attached hydrogens (tertiary/aromatic N) is 1. The third-order valence-corrected chi connectivity index (χ3v) is 3.70. The smallest absolute Gasteiger partial charge is 0.329 e. The van der Waals surface area contributed by atoms with Gasteiger partial charge in [0.05, 0.1) is 0 Å². The average molecular weight is 255 g/mol. The summed E-state index contributed by atoms with van der Waals surface area (Å²) in [7, 11) is 0. The summed E-state index contributed by atoms with van der Waals surface area (Å²) in [6, 6.07) is 0. The van der Waals surface area contributed by atoms with Gasteiger partial charge >= 0.3 is 5.97 Å². The SMILES string of the molecule is CCC1(C(=O)O)CCCCN1C(=O)C(=O)C(C)C. The molecule has 1 amide bonds. The average Bonchev–Trinajstić information content (AvgIpc) is 2.36. The van der Waals surface area contributed by atoms with Gasteiger partial charge in [-0.25, -0.2) is 4.79 Å². The van der Waals surface area contributed by atoms with Crippen molar-refractivity contribution in [2.24, 2.45) is 5.92 Å². The van der Waals surface area contributed by atoms with Crippen molar-refractivity contribution in [2.75, 3.05) is 6.54 Å². The number of Topliss-reactive ketones (excluding diaryl/α,β-unsaturated/α-hetero) is 1. The summed E-state index contributed by atoms with van der Waals surface area (Å²) in [5.74, 6) is -2.55. The molecule has 0 saturated carbocycles. The van der Waals surface area contributed by atoms with Gasteiger partial charge in [0, 0.05) is 12.5 Å². The van der Waals surface area contributed by atoms with Gasteiger partial charge in [-0.3, -0.25) is 9.59 Å². The number of amides is 1. The summed E-state index contributed by atoms with van der Waals surface area (Å²) in [6.07, 6.45) is 2.29. The molecule has 1 heterocycles. The molecule has 1 rings (SSSR count). The first kappa shape index (κ1) is 14.7. The first-order valence-electron chi connectivity index (χ1n) is 6.46. The van der Waals surface area contributed by atoms with Crippen LogP contribution < -0.4 is 0 Å². The summed E-state index contributed by atoms with van der Waals surface area (Å²) in [4.78, 5) is 36.7. The maximum atomic E-state index is 12.1. The van der Waals surface area contributed by atoms with Crippen LogP contribution in [0.4, 0.5) is 0 Å². The number of carbonyl (C=O) groups excluding carboxylic acids is 2. The molecule has 18 heavy (non-hydrogen) atoms. The fourth-order valence-electron chi connectivity index (χ4n) is 2.45. The van der Waals surface area contributed by atoms with Crippen LogP contribution in [0.1, 0.15) is 46.5 Å². The first-order valence-corrected chi connectivity index (χ1v) is 6.46. The number of carbonyl (C=O) groups is 3. The van der Waals surface area contributed by atoms with E-state index >= 15 is 0 Å². The zero-order valence-electron chi connectivity index (χ0n) is 11.2. The van der Waals surface area contributed by atoms with Crippen LogP contribution in [0, 0.1) is 5.92 Å². The van der Waals surface area contributed by atoms with Crippen molar-refractivity contribution in [3.8, 4) is 0 Å². The van der Waals surface area contributed by atoms with E-state index in [4.69, 9.17) is 0 Å². The molecule has 1 unspecified atom stereocenters. The van der Waals surface area contributed by atoms with E-state index in [0.717, 1.165) is 12.8 Å². The molecule has 1 atom stereocenters. The van der Waals surface area contributed by atoms with Crippen LogP contribution in [-0.4, -0.2) is 39.7 Å². The van der Waals surface area contributed by atoms with E-state index < -0.39 is 29.1 Å².